The molecular formula is C22H29BrN2O4. The van der Waals surface area contributed by atoms with Crippen molar-refractivity contribution in [3.63, 3.8) is 0 Å². The quantitative estimate of drug-likeness (QED) is 0.740. The van der Waals surface area contributed by atoms with Crippen LogP contribution >= 0.6 is 15.9 Å². The zero-order valence-corrected chi connectivity index (χ0v) is 18.3. The zero-order chi connectivity index (χ0) is 20.2. The van der Waals surface area contributed by atoms with Gasteiger partial charge in [0.2, 0.25) is 11.8 Å². The van der Waals surface area contributed by atoms with Crippen LogP contribution in [0.1, 0.15) is 50.5 Å². The van der Waals surface area contributed by atoms with Gasteiger partial charge in [-0.1, -0.05) is 35.2 Å². The minimum absolute atomic E-state index is 0.0533. The highest BCUT2D eigenvalue weighted by Gasteiger charge is 2.30. The second-order valence-corrected chi connectivity index (χ2v) is 9.14. The van der Waals surface area contributed by atoms with E-state index >= 15 is 0 Å². The number of piperidine rings is 1. The summed E-state index contributed by atoms with van der Waals surface area (Å²) in [5.74, 6) is 1.47. The second kappa shape index (κ2) is 9.37. The number of benzene rings is 1. The van der Waals surface area contributed by atoms with Crippen molar-refractivity contribution in [3.8, 4) is 11.5 Å². The van der Waals surface area contributed by atoms with Crippen molar-refractivity contribution < 1.29 is 19.1 Å². The summed E-state index contributed by atoms with van der Waals surface area (Å²) in [7, 11) is 0. The summed E-state index contributed by atoms with van der Waals surface area (Å²) in [6.45, 7) is 2.29. The fourth-order valence-corrected chi connectivity index (χ4v) is 4.96. The highest BCUT2D eigenvalue weighted by Crippen LogP contribution is 2.36. The Kier molecular flexibility index (Phi) is 6.63. The first-order valence-corrected chi connectivity index (χ1v) is 11.6. The van der Waals surface area contributed by atoms with Crippen LogP contribution in [0.2, 0.25) is 0 Å². The van der Waals surface area contributed by atoms with Crippen LogP contribution in [-0.4, -0.2) is 49.1 Å². The molecule has 0 aromatic heterocycles. The normalized spacial score (nSPS) is 22.2. The van der Waals surface area contributed by atoms with Crippen molar-refractivity contribution in [1.29, 1.82) is 0 Å². The van der Waals surface area contributed by atoms with Gasteiger partial charge in [-0.05, 0) is 43.4 Å². The number of fused-ring (bicyclic) bond motifs is 1. The van der Waals surface area contributed by atoms with E-state index in [-0.39, 0.29) is 24.2 Å². The average molecular weight is 465 g/mol. The van der Waals surface area contributed by atoms with Crippen LogP contribution in [0.4, 0.5) is 0 Å². The monoisotopic (exact) mass is 464 g/mol. The topological polar surface area (TPSA) is 67.9 Å². The molecule has 1 unspecified atom stereocenters. The first kappa shape index (κ1) is 20.5. The molecular weight excluding hydrogens is 436 g/mol. The third-order valence-corrected chi connectivity index (χ3v) is 6.89. The third-order valence-electron chi connectivity index (χ3n) is 6.15. The number of carbonyl (C=O) groups excluding carboxylic acids is 2. The lowest BCUT2D eigenvalue weighted by Crippen LogP contribution is -2.48. The molecule has 2 fully saturated rings. The fraction of sp³-hybridized carbons (Fsp3) is 0.636. The molecule has 1 atom stereocenters. The lowest BCUT2D eigenvalue weighted by molar-refractivity contribution is -0.135. The lowest BCUT2D eigenvalue weighted by atomic mass is 9.93. The molecule has 1 aromatic carbocycles. The Balaban J connectivity index is 1.35. The number of likely N-dealkylation sites (tertiary alicyclic amines) is 1. The van der Waals surface area contributed by atoms with Crippen LogP contribution in [-0.2, 0) is 16.0 Å². The Morgan fingerprint density at radius 3 is 2.52 bits per heavy atom. The summed E-state index contributed by atoms with van der Waals surface area (Å²) in [5, 5.41) is 3.23. The van der Waals surface area contributed by atoms with Gasteiger partial charge in [-0.25, -0.2) is 0 Å². The average Bonchev–Trinajstić information content (AvgIpc) is 2.75. The van der Waals surface area contributed by atoms with Gasteiger partial charge in [0.25, 0.3) is 0 Å². The summed E-state index contributed by atoms with van der Waals surface area (Å²) in [6.07, 6.45) is 7.85. The molecule has 2 aliphatic heterocycles. The second-order valence-electron chi connectivity index (χ2n) is 8.29. The van der Waals surface area contributed by atoms with E-state index in [1.165, 1.54) is 19.3 Å². The number of nitrogens with one attached hydrogen (secondary N) is 1. The van der Waals surface area contributed by atoms with Crippen molar-refractivity contribution in [1.82, 2.24) is 10.2 Å². The van der Waals surface area contributed by atoms with Gasteiger partial charge in [-0.15, -0.1) is 0 Å². The van der Waals surface area contributed by atoms with Gasteiger partial charge >= 0.3 is 0 Å². The van der Waals surface area contributed by atoms with Gasteiger partial charge in [0.1, 0.15) is 13.2 Å². The maximum absolute atomic E-state index is 12.9. The number of hydrogen-bond donors (Lipinski definition) is 1. The minimum Gasteiger partial charge on any atom is -0.486 e. The highest BCUT2D eigenvalue weighted by atomic mass is 79.9. The SMILES string of the molecule is O=C(NC1CCCCC1)C1CCCN(C(=O)Cc2cc3c(cc2Br)OCCO3)C1. The molecule has 2 amide bonds. The molecule has 0 radical (unpaired) electrons. The van der Waals surface area contributed by atoms with Gasteiger partial charge in [0.05, 0.1) is 12.3 Å². The molecule has 0 spiro atoms. The number of ether oxygens (including phenoxy) is 2. The number of amides is 2. The van der Waals surface area contributed by atoms with Crippen LogP contribution in [0.3, 0.4) is 0 Å². The van der Waals surface area contributed by atoms with Crippen molar-refractivity contribution >= 4 is 27.7 Å². The van der Waals surface area contributed by atoms with Crippen molar-refractivity contribution in [3.05, 3.63) is 22.2 Å². The number of nitrogens with zero attached hydrogens (tertiary/aromatic N) is 1. The van der Waals surface area contributed by atoms with Crippen LogP contribution < -0.4 is 14.8 Å². The summed E-state index contributed by atoms with van der Waals surface area (Å²) >= 11 is 3.55. The standard InChI is InChI=1S/C22H29BrN2O4/c23-18-13-20-19(28-9-10-29-20)11-16(18)12-21(26)25-8-4-5-15(14-25)22(27)24-17-6-2-1-3-7-17/h11,13,15,17H,1-10,12,14H2,(H,24,27). The fourth-order valence-electron chi connectivity index (χ4n) is 4.50. The van der Waals surface area contributed by atoms with Crippen molar-refractivity contribution in [2.24, 2.45) is 5.92 Å². The summed E-state index contributed by atoms with van der Waals surface area (Å²) in [5.41, 5.74) is 0.882. The first-order chi connectivity index (χ1) is 14.1. The molecule has 158 valence electrons. The highest BCUT2D eigenvalue weighted by molar-refractivity contribution is 9.10. The number of hydrogen-bond acceptors (Lipinski definition) is 4. The van der Waals surface area contributed by atoms with E-state index in [0.29, 0.717) is 43.8 Å². The molecule has 1 aliphatic carbocycles. The minimum atomic E-state index is -0.0988. The van der Waals surface area contributed by atoms with Crippen LogP contribution in [0, 0.1) is 5.92 Å². The largest absolute Gasteiger partial charge is 0.486 e. The Morgan fingerprint density at radius 1 is 1.03 bits per heavy atom. The van der Waals surface area contributed by atoms with Crippen molar-refractivity contribution in [2.45, 2.75) is 57.4 Å². The lowest BCUT2D eigenvalue weighted by Gasteiger charge is -2.33. The first-order valence-electron chi connectivity index (χ1n) is 10.8. The molecule has 1 saturated heterocycles. The maximum atomic E-state index is 12.9. The van der Waals surface area contributed by atoms with Crippen LogP contribution in [0.25, 0.3) is 0 Å². The van der Waals surface area contributed by atoms with Crippen molar-refractivity contribution in [2.75, 3.05) is 26.3 Å². The Hall–Kier alpha value is -1.76. The number of rotatable bonds is 4. The molecule has 1 saturated carbocycles. The van der Waals surface area contributed by atoms with E-state index in [9.17, 15) is 9.59 Å². The van der Waals surface area contributed by atoms with Gasteiger partial charge in [0.15, 0.2) is 11.5 Å². The summed E-state index contributed by atoms with van der Waals surface area (Å²) < 4.78 is 12.1. The van der Waals surface area contributed by atoms with E-state index < -0.39 is 0 Å². The predicted molar refractivity (Wildman–Crippen MR) is 113 cm³/mol. The molecule has 6 nitrogen and oxygen atoms in total. The van der Waals surface area contributed by atoms with E-state index in [0.717, 1.165) is 35.7 Å². The van der Waals surface area contributed by atoms with Gasteiger partial charge in [-0.3, -0.25) is 9.59 Å². The maximum Gasteiger partial charge on any atom is 0.227 e. The van der Waals surface area contributed by atoms with Gasteiger partial charge in [-0.2, -0.15) is 0 Å². The molecule has 1 aromatic rings. The molecule has 1 N–H and O–H groups in total. The van der Waals surface area contributed by atoms with Crippen LogP contribution in [0.15, 0.2) is 16.6 Å². The molecule has 3 aliphatic rings. The molecule has 4 rings (SSSR count). The van der Waals surface area contributed by atoms with E-state index in [1.54, 1.807) is 0 Å². The molecule has 0 bridgehead atoms. The van der Waals surface area contributed by atoms with E-state index in [1.807, 2.05) is 17.0 Å². The Labute approximate surface area is 180 Å². The van der Waals surface area contributed by atoms with E-state index in [2.05, 4.69) is 21.2 Å². The summed E-state index contributed by atoms with van der Waals surface area (Å²) in [4.78, 5) is 27.5. The molecule has 2 heterocycles. The number of carbonyl (C=O) groups is 2. The predicted octanol–water partition coefficient (Wildman–Crippen LogP) is 3.45. The third kappa shape index (κ3) is 5.05. The smallest absolute Gasteiger partial charge is 0.227 e. The Morgan fingerprint density at radius 2 is 1.76 bits per heavy atom. The molecule has 29 heavy (non-hydrogen) atoms. The number of halogens is 1. The van der Waals surface area contributed by atoms with Gasteiger partial charge < -0.3 is 19.7 Å². The van der Waals surface area contributed by atoms with Gasteiger partial charge in [0, 0.05) is 23.6 Å². The molecule has 7 heteroatoms. The summed E-state index contributed by atoms with van der Waals surface area (Å²) in [6, 6.07) is 4.07. The Bertz CT molecular complexity index is 763. The van der Waals surface area contributed by atoms with Crippen LogP contribution in [0.5, 0.6) is 11.5 Å². The zero-order valence-electron chi connectivity index (χ0n) is 16.8. The van der Waals surface area contributed by atoms with E-state index in [4.69, 9.17) is 9.47 Å².